The maximum atomic E-state index is 8.38. The van der Waals surface area contributed by atoms with Crippen LogP contribution < -0.4 is 0 Å². The molecule has 0 radical (unpaired) electrons. The zero-order chi connectivity index (χ0) is 10.8. The third-order valence-electron chi connectivity index (χ3n) is 2.07. The van der Waals surface area contributed by atoms with Crippen molar-refractivity contribution in [2.75, 3.05) is 0 Å². The lowest BCUT2D eigenvalue weighted by Crippen LogP contribution is -1.65. The van der Waals surface area contributed by atoms with E-state index in [1.807, 2.05) is 30.3 Å². The highest BCUT2D eigenvalue weighted by atomic mass is 35.5. The van der Waals surface area contributed by atoms with Crippen molar-refractivity contribution in [3.05, 3.63) is 50.8 Å². The molecule has 0 bridgehead atoms. The fourth-order valence-electron chi connectivity index (χ4n) is 1.41. The molecule has 2 aliphatic rings. The van der Waals surface area contributed by atoms with E-state index in [0.29, 0.717) is 15.7 Å². The quantitative estimate of drug-likeness (QED) is 0.379. The second-order valence-electron chi connectivity index (χ2n) is 2.90. The molecule has 5 heteroatoms. The van der Waals surface area contributed by atoms with Gasteiger partial charge in [0.15, 0.2) is 0 Å². The van der Waals surface area contributed by atoms with Gasteiger partial charge in [0.05, 0.1) is 15.7 Å². The van der Waals surface area contributed by atoms with Crippen molar-refractivity contribution in [1.29, 1.82) is 0 Å². The molecule has 74 valence electrons. The topological polar surface area (TPSA) is 48.8 Å². The second kappa shape index (κ2) is 3.99. The van der Waals surface area contributed by atoms with Gasteiger partial charge in [0.2, 0.25) is 0 Å². The van der Waals surface area contributed by atoms with E-state index in [-0.39, 0.29) is 0 Å². The molecule has 0 aromatic carbocycles. The van der Waals surface area contributed by atoms with Gasteiger partial charge in [-0.1, -0.05) is 58.6 Å². The Morgan fingerprint density at radius 3 is 2.00 bits per heavy atom. The minimum absolute atomic E-state index is 0.294. The smallest absolute Gasteiger partial charge is 0.0760 e. The van der Waals surface area contributed by atoms with Crippen LogP contribution in [-0.4, -0.2) is 0 Å². The first-order valence-corrected chi connectivity index (χ1v) is 4.92. The zero-order valence-electron chi connectivity index (χ0n) is 7.48. The van der Waals surface area contributed by atoms with Crippen molar-refractivity contribution in [1.82, 2.24) is 0 Å². The van der Waals surface area contributed by atoms with Crippen LogP contribution in [0.15, 0.2) is 35.4 Å². The number of rotatable bonds is 1. The fourth-order valence-corrected chi connectivity index (χ4v) is 2.06. The van der Waals surface area contributed by atoms with Gasteiger partial charge in [0.25, 0.3) is 0 Å². The van der Waals surface area contributed by atoms with Gasteiger partial charge in [-0.25, -0.2) is 0 Å². The first-order valence-electron chi connectivity index (χ1n) is 4.16. The van der Waals surface area contributed by atoms with E-state index in [1.165, 1.54) is 0 Å². The molecular weight excluding hydrogens is 233 g/mol. The first kappa shape index (κ1) is 10.1. The van der Waals surface area contributed by atoms with Crippen LogP contribution in [0.5, 0.6) is 0 Å². The van der Waals surface area contributed by atoms with E-state index in [4.69, 9.17) is 28.7 Å². The van der Waals surface area contributed by atoms with E-state index in [2.05, 4.69) is 10.0 Å². The molecule has 0 atom stereocenters. The number of nitrogens with zero attached hydrogens (tertiary/aromatic N) is 3. The first-order chi connectivity index (χ1) is 7.25. The predicted molar refractivity (Wildman–Crippen MR) is 61.9 cm³/mol. The number of halogens is 2. The standard InChI is InChI=1S/C10H5Cl2N3/c11-8-6-4-2-1-3-5-7(6)9(12)10(8)14-15-13/h1-5H. The predicted octanol–water partition coefficient (Wildman–Crippen LogP) is 5.04. The van der Waals surface area contributed by atoms with Crippen molar-refractivity contribution in [2.24, 2.45) is 5.11 Å². The highest BCUT2D eigenvalue weighted by Crippen LogP contribution is 2.48. The molecule has 0 saturated carbocycles. The highest BCUT2D eigenvalue weighted by Gasteiger charge is 2.18. The van der Waals surface area contributed by atoms with Crippen LogP contribution in [0.2, 0.25) is 10.0 Å². The van der Waals surface area contributed by atoms with Crippen LogP contribution in [0, 0.1) is 0 Å². The lowest BCUT2D eigenvalue weighted by atomic mass is 10.2. The second-order valence-corrected chi connectivity index (χ2v) is 3.66. The van der Waals surface area contributed by atoms with E-state index >= 15 is 0 Å². The van der Waals surface area contributed by atoms with Gasteiger partial charge in [0, 0.05) is 16.0 Å². The van der Waals surface area contributed by atoms with Gasteiger partial charge in [-0.15, -0.1) is 0 Å². The van der Waals surface area contributed by atoms with Crippen molar-refractivity contribution in [2.45, 2.75) is 0 Å². The Kier molecular flexibility index (Phi) is 2.69. The molecular formula is C10H5Cl2N3. The van der Waals surface area contributed by atoms with Gasteiger partial charge in [0.1, 0.15) is 0 Å². The Hall–Kier alpha value is -1.41. The molecule has 2 aliphatic carbocycles. The molecule has 0 aromatic heterocycles. The average molecular weight is 238 g/mol. The third-order valence-corrected chi connectivity index (χ3v) is 2.84. The van der Waals surface area contributed by atoms with Crippen LogP contribution in [0.4, 0.5) is 5.69 Å². The summed E-state index contributed by atoms with van der Waals surface area (Å²) in [6.07, 6.45) is 0. The summed E-state index contributed by atoms with van der Waals surface area (Å²) in [5.41, 5.74) is 10.3. The van der Waals surface area contributed by atoms with Crippen LogP contribution in [0.1, 0.15) is 0 Å². The largest absolute Gasteiger partial charge is 0.0831 e. The molecule has 0 fully saturated rings. The summed E-state index contributed by atoms with van der Waals surface area (Å²) in [5, 5.41) is 4.27. The summed E-state index contributed by atoms with van der Waals surface area (Å²) >= 11 is 12.1. The van der Waals surface area contributed by atoms with Crippen molar-refractivity contribution in [3.8, 4) is 11.1 Å². The average Bonchev–Trinajstić information content (AvgIpc) is 2.47. The molecule has 0 unspecified atom stereocenters. The summed E-state index contributed by atoms with van der Waals surface area (Å²) in [6.45, 7) is 0. The normalized spacial score (nSPS) is 10.0. The maximum Gasteiger partial charge on any atom is 0.0760 e. The summed E-state index contributed by atoms with van der Waals surface area (Å²) in [4.78, 5) is 2.69. The highest BCUT2D eigenvalue weighted by molar-refractivity contribution is 6.44. The van der Waals surface area contributed by atoms with Gasteiger partial charge in [-0.3, -0.25) is 0 Å². The molecule has 0 N–H and O–H groups in total. The van der Waals surface area contributed by atoms with E-state index in [1.54, 1.807) is 0 Å². The van der Waals surface area contributed by atoms with E-state index < -0.39 is 0 Å². The number of fused-ring (bicyclic) bond motifs is 1. The minimum Gasteiger partial charge on any atom is -0.0831 e. The van der Waals surface area contributed by atoms with Crippen LogP contribution in [0.3, 0.4) is 0 Å². The van der Waals surface area contributed by atoms with Crippen molar-refractivity contribution in [3.63, 3.8) is 0 Å². The molecule has 0 aliphatic heterocycles. The molecule has 0 heterocycles. The third kappa shape index (κ3) is 1.61. The molecule has 3 nitrogen and oxygen atoms in total. The molecule has 0 aromatic rings. The summed E-state index contributed by atoms with van der Waals surface area (Å²) in [5.74, 6) is 0. The molecule has 15 heavy (non-hydrogen) atoms. The van der Waals surface area contributed by atoms with Crippen molar-refractivity contribution < 1.29 is 0 Å². The Bertz CT molecular complexity index is 496. The SMILES string of the molecule is [N-]=[N+]=Nc1c(Cl)c2cccccc-2c1Cl. The number of hydrogen-bond donors (Lipinski definition) is 0. The Morgan fingerprint density at radius 1 is 1.00 bits per heavy atom. The van der Waals surface area contributed by atoms with Gasteiger partial charge in [-0.2, -0.15) is 0 Å². The zero-order valence-corrected chi connectivity index (χ0v) is 9.00. The molecule has 0 spiro atoms. The van der Waals surface area contributed by atoms with E-state index in [9.17, 15) is 0 Å². The summed E-state index contributed by atoms with van der Waals surface area (Å²) in [6, 6.07) is 9.24. The van der Waals surface area contributed by atoms with Crippen LogP contribution in [-0.2, 0) is 0 Å². The van der Waals surface area contributed by atoms with Crippen molar-refractivity contribution >= 4 is 28.9 Å². The van der Waals surface area contributed by atoms with Gasteiger partial charge < -0.3 is 0 Å². The van der Waals surface area contributed by atoms with Crippen LogP contribution >= 0.6 is 23.2 Å². The fraction of sp³-hybridized carbons (Fsp3) is 0. The lowest BCUT2D eigenvalue weighted by molar-refractivity contribution is 1.52. The van der Waals surface area contributed by atoms with Crippen LogP contribution in [0.25, 0.3) is 21.6 Å². The Balaban J connectivity index is 2.85. The van der Waals surface area contributed by atoms with E-state index in [0.717, 1.165) is 11.1 Å². The molecule has 2 rings (SSSR count). The Morgan fingerprint density at radius 2 is 1.53 bits per heavy atom. The Labute approximate surface area is 96.2 Å². The van der Waals surface area contributed by atoms with Gasteiger partial charge >= 0.3 is 0 Å². The summed E-state index contributed by atoms with van der Waals surface area (Å²) in [7, 11) is 0. The monoisotopic (exact) mass is 237 g/mol. The number of hydrogen-bond acceptors (Lipinski definition) is 1. The van der Waals surface area contributed by atoms with Gasteiger partial charge in [-0.05, 0) is 5.53 Å². The minimum atomic E-state index is 0.294. The maximum absolute atomic E-state index is 8.38. The molecule has 0 saturated heterocycles. The summed E-state index contributed by atoms with van der Waals surface area (Å²) < 4.78 is 0. The lowest BCUT2D eigenvalue weighted by Gasteiger charge is -1.91. The number of azide groups is 1. The molecule has 0 amide bonds.